The number of rotatable bonds is 1. The summed E-state index contributed by atoms with van der Waals surface area (Å²) in [5, 5.41) is 0.403. The van der Waals surface area contributed by atoms with Crippen molar-refractivity contribution in [2.24, 2.45) is 11.7 Å². The Morgan fingerprint density at radius 2 is 2.33 bits per heavy atom. The molecule has 0 aliphatic carbocycles. The summed E-state index contributed by atoms with van der Waals surface area (Å²) >= 11 is 5.78. The average molecular weight is 230 g/mol. The van der Waals surface area contributed by atoms with E-state index >= 15 is 0 Å². The molecular weight excluding hydrogens is 217 g/mol. The summed E-state index contributed by atoms with van der Waals surface area (Å²) in [7, 11) is 0. The van der Waals surface area contributed by atoms with Crippen molar-refractivity contribution >= 4 is 11.6 Å². The smallest absolute Gasteiger partial charge is 0.166 e. The third kappa shape index (κ3) is 2.08. The normalized spacial score (nSPS) is 21.7. The maximum atomic E-state index is 13.4. The number of hydrogen-bond acceptors (Lipinski definition) is 2. The number of nitrogens with two attached hydrogens (primary N) is 1. The molecule has 0 saturated carbocycles. The summed E-state index contributed by atoms with van der Waals surface area (Å²) in [6.07, 6.45) is 0.727. The molecule has 4 heteroatoms. The van der Waals surface area contributed by atoms with Crippen LogP contribution in [-0.4, -0.2) is 12.6 Å². The van der Waals surface area contributed by atoms with Gasteiger partial charge < -0.3 is 10.5 Å². The highest BCUT2D eigenvalue weighted by Gasteiger charge is 2.25. The quantitative estimate of drug-likeness (QED) is 0.803. The minimum atomic E-state index is -0.388. The molecule has 1 aliphatic rings. The van der Waals surface area contributed by atoms with E-state index in [0.29, 0.717) is 17.4 Å². The Bertz CT molecular complexity index is 381. The fourth-order valence-electron chi connectivity index (χ4n) is 1.80. The zero-order valence-corrected chi connectivity index (χ0v) is 9.22. The third-order valence-corrected chi connectivity index (χ3v) is 2.97. The van der Waals surface area contributed by atoms with Gasteiger partial charge in [0.1, 0.15) is 0 Å². The highest BCUT2D eigenvalue weighted by Crippen LogP contribution is 2.33. The van der Waals surface area contributed by atoms with Gasteiger partial charge in [-0.25, -0.2) is 4.39 Å². The van der Waals surface area contributed by atoms with E-state index in [9.17, 15) is 4.39 Å². The van der Waals surface area contributed by atoms with E-state index in [1.54, 1.807) is 6.07 Å². The largest absolute Gasteiger partial charge is 0.490 e. The van der Waals surface area contributed by atoms with Crippen LogP contribution in [0, 0.1) is 11.7 Å². The first-order chi connectivity index (χ1) is 7.08. The molecule has 0 fully saturated rings. The lowest BCUT2D eigenvalue weighted by atomic mass is 9.92. The SMILES string of the molecule is C[C@H](N)C1COc2c(F)cc(Cl)cc2C1. The zero-order valence-electron chi connectivity index (χ0n) is 8.47. The van der Waals surface area contributed by atoms with Gasteiger partial charge in [0.15, 0.2) is 11.6 Å². The topological polar surface area (TPSA) is 35.2 Å². The van der Waals surface area contributed by atoms with Crippen molar-refractivity contribution in [1.82, 2.24) is 0 Å². The van der Waals surface area contributed by atoms with Gasteiger partial charge in [0.2, 0.25) is 0 Å². The lowest BCUT2D eigenvalue weighted by Crippen LogP contribution is -2.35. The van der Waals surface area contributed by atoms with E-state index in [4.69, 9.17) is 22.1 Å². The number of ether oxygens (including phenoxy) is 1. The van der Waals surface area contributed by atoms with Crippen molar-refractivity contribution in [2.45, 2.75) is 19.4 Å². The molecule has 0 spiro atoms. The van der Waals surface area contributed by atoms with Gasteiger partial charge in [-0.05, 0) is 31.0 Å². The summed E-state index contributed by atoms with van der Waals surface area (Å²) in [5.41, 5.74) is 6.61. The van der Waals surface area contributed by atoms with E-state index in [-0.39, 0.29) is 17.8 Å². The summed E-state index contributed by atoms with van der Waals surface area (Å²) in [4.78, 5) is 0. The molecule has 2 rings (SSSR count). The van der Waals surface area contributed by atoms with Crippen molar-refractivity contribution in [3.8, 4) is 5.75 Å². The van der Waals surface area contributed by atoms with Gasteiger partial charge in [-0.3, -0.25) is 0 Å². The molecule has 82 valence electrons. The minimum Gasteiger partial charge on any atom is -0.490 e. The summed E-state index contributed by atoms with van der Waals surface area (Å²) in [5.74, 6) is 0.173. The lowest BCUT2D eigenvalue weighted by molar-refractivity contribution is 0.196. The van der Waals surface area contributed by atoms with Crippen LogP contribution in [0.1, 0.15) is 12.5 Å². The fraction of sp³-hybridized carbons (Fsp3) is 0.455. The molecule has 2 nitrogen and oxygen atoms in total. The number of benzene rings is 1. The highest BCUT2D eigenvalue weighted by atomic mass is 35.5. The average Bonchev–Trinajstić information content (AvgIpc) is 2.16. The molecule has 1 heterocycles. The standard InChI is InChI=1S/C11H13ClFNO/c1-6(14)8-2-7-3-9(12)4-10(13)11(7)15-5-8/h3-4,6,8H,2,5,14H2,1H3/t6-,8?/m0/s1. The van der Waals surface area contributed by atoms with E-state index < -0.39 is 0 Å². The van der Waals surface area contributed by atoms with Crippen LogP contribution < -0.4 is 10.5 Å². The van der Waals surface area contributed by atoms with Crippen molar-refractivity contribution < 1.29 is 9.13 Å². The monoisotopic (exact) mass is 229 g/mol. The first-order valence-corrected chi connectivity index (χ1v) is 5.32. The predicted molar refractivity (Wildman–Crippen MR) is 57.7 cm³/mol. The van der Waals surface area contributed by atoms with E-state index in [1.165, 1.54) is 6.07 Å². The summed E-state index contributed by atoms with van der Waals surface area (Å²) < 4.78 is 18.8. The van der Waals surface area contributed by atoms with Crippen LogP contribution in [-0.2, 0) is 6.42 Å². The molecular formula is C11H13ClFNO. The van der Waals surface area contributed by atoms with Gasteiger partial charge >= 0.3 is 0 Å². The van der Waals surface area contributed by atoms with Crippen molar-refractivity contribution in [2.75, 3.05) is 6.61 Å². The number of hydrogen-bond donors (Lipinski definition) is 1. The van der Waals surface area contributed by atoms with Gasteiger partial charge in [-0.15, -0.1) is 0 Å². The molecule has 15 heavy (non-hydrogen) atoms. The lowest BCUT2D eigenvalue weighted by Gasteiger charge is -2.28. The van der Waals surface area contributed by atoms with Gasteiger partial charge in [-0.2, -0.15) is 0 Å². The molecule has 0 saturated heterocycles. The molecule has 0 radical (unpaired) electrons. The molecule has 0 aromatic heterocycles. The predicted octanol–water partition coefficient (Wildman–Crippen LogP) is 2.38. The van der Waals surface area contributed by atoms with Crippen LogP contribution in [0.3, 0.4) is 0 Å². The summed E-state index contributed by atoms with van der Waals surface area (Å²) in [6.45, 7) is 2.41. The first kappa shape index (κ1) is 10.7. The van der Waals surface area contributed by atoms with E-state index in [0.717, 1.165) is 12.0 Å². The van der Waals surface area contributed by atoms with Crippen LogP contribution >= 0.6 is 11.6 Å². The number of halogens is 2. The maximum Gasteiger partial charge on any atom is 0.166 e. The minimum absolute atomic E-state index is 0.0418. The maximum absolute atomic E-state index is 13.4. The Morgan fingerprint density at radius 1 is 1.60 bits per heavy atom. The molecule has 2 atom stereocenters. The van der Waals surface area contributed by atoms with Gasteiger partial charge in [0, 0.05) is 17.0 Å². The Hall–Kier alpha value is -0.800. The molecule has 1 aromatic carbocycles. The Labute approximate surface area is 93.2 Å². The second-order valence-corrected chi connectivity index (χ2v) is 4.45. The second kappa shape index (κ2) is 3.99. The van der Waals surface area contributed by atoms with Crippen molar-refractivity contribution in [3.05, 3.63) is 28.5 Å². The zero-order chi connectivity index (χ0) is 11.0. The molecule has 1 aliphatic heterocycles. The van der Waals surface area contributed by atoms with Crippen LogP contribution in [0.15, 0.2) is 12.1 Å². The first-order valence-electron chi connectivity index (χ1n) is 4.94. The Kier molecular flexibility index (Phi) is 2.85. The Balaban J connectivity index is 2.33. The fourth-order valence-corrected chi connectivity index (χ4v) is 2.02. The van der Waals surface area contributed by atoms with E-state index in [2.05, 4.69) is 0 Å². The summed E-state index contributed by atoms with van der Waals surface area (Å²) in [6, 6.07) is 3.06. The molecule has 0 bridgehead atoms. The van der Waals surface area contributed by atoms with Crippen LogP contribution in [0.5, 0.6) is 5.75 Å². The van der Waals surface area contributed by atoms with Crippen molar-refractivity contribution in [1.29, 1.82) is 0 Å². The van der Waals surface area contributed by atoms with E-state index in [1.807, 2.05) is 6.92 Å². The van der Waals surface area contributed by atoms with Crippen molar-refractivity contribution in [3.63, 3.8) is 0 Å². The van der Waals surface area contributed by atoms with Gasteiger partial charge in [0.25, 0.3) is 0 Å². The number of fused-ring (bicyclic) bond motifs is 1. The molecule has 0 amide bonds. The molecule has 1 unspecified atom stereocenters. The van der Waals surface area contributed by atoms with Crippen LogP contribution in [0.25, 0.3) is 0 Å². The van der Waals surface area contributed by atoms with Gasteiger partial charge in [-0.1, -0.05) is 11.6 Å². The van der Waals surface area contributed by atoms with Crippen LogP contribution in [0.4, 0.5) is 4.39 Å². The Morgan fingerprint density at radius 3 is 3.00 bits per heavy atom. The second-order valence-electron chi connectivity index (χ2n) is 4.01. The highest BCUT2D eigenvalue weighted by molar-refractivity contribution is 6.30. The van der Waals surface area contributed by atoms with Gasteiger partial charge in [0.05, 0.1) is 6.61 Å². The molecule has 2 N–H and O–H groups in total. The van der Waals surface area contributed by atoms with Crippen LogP contribution in [0.2, 0.25) is 5.02 Å². The third-order valence-electron chi connectivity index (χ3n) is 2.75. The molecule has 1 aromatic rings.